The Bertz CT molecular complexity index is 1160. The lowest BCUT2D eigenvalue weighted by molar-refractivity contribution is 0.303. The summed E-state index contributed by atoms with van der Waals surface area (Å²) in [6, 6.07) is 16.5. The van der Waals surface area contributed by atoms with Gasteiger partial charge in [0.2, 0.25) is 0 Å². The highest BCUT2D eigenvalue weighted by Gasteiger charge is 2.27. The normalized spacial score (nSPS) is 23.8. The van der Waals surface area contributed by atoms with Crippen LogP contribution in [0.2, 0.25) is 0 Å². The third-order valence-electron chi connectivity index (χ3n) is 9.30. The highest BCUT2D eigenvalue weighted by atomic mass is 15.0. The molecule has 0 spiro atoms. The lowest BCUT2D eigenvalue weighted by atomic mass is 9.73. The van der Waals surface area contributed by atoms with Crippen molar-refractivity contribution in [2.24, 2.45) is 11.8 Å². The molecule has 2 N–H and O–H groups in total. The van der Waals surface area contributed by atoms with Crippen LogP contribution in [0.15, 0.2) is 55.1 Å². The molecule has 2 aliphatic carbocycles. The van der Waals surface area contributed by atoms with Crippen LogP contribution in [0.3, 0.4) is 0 Å². The van der Waals surface area contributed by atoms with E-state index in [0.717, 1.165) is 38.0 Å². The van der Waals surface area contributed by atoms with E-state index in [1.54, 1.807) is 22.1 Å². The van der Waals surface area contributed by atoms with E-state index >= 15 is 0 Å². The van der Waals surface area contributed by atoms with Crippen LogP contribution in [0.1, 0.15) is 87.3 Å². The maximum atomic E-state index is 4.09. The number of benzene rings is 3. The lowest BCUT2D eigenvalue weighted by Crippen LogP contribution is -2.39. The van der Waals surface area contributed by atoms with Crippen molar-refractivity contribution in [3.63, 3.8) is 0 Å². The number of fused-ring (bicyclic) bond motifs is 5. The van der Waals surface area contributed by atoms with Gasteiger partial charge in [-0.15, -0.1) is 6.58 Å². The van der Waals surface area contributed by atoms with Crippen molar-refractivity contribution in [3.05, 3.63) is 71.8 Å². The quantitative estimate of drug-likeness (QED) is 0.204. The molecule has 1 heterocycles. The van der Waals surface area contributed by atoms with Crippen molar-refractivity contribution in [3.8, 4) is 0 Å². The summed E-state index contributed by atoms with van der Waals surface area (Å²) in [5.74, 6) is 2.35. The first kappa shape index (κ1) is 26.4. The fraction of sp³-hybridized carbons (Fsp3) is 0.543. The van der Waals surface area contributed by atoms with Crippen LogP contribution in [-0.4, -0.2) is 26.2 Å². The van der Waals surface area contributed by atoms with Gasteiger partial charge in [0, 0.05) is 26.2 Å². The summed E-state index contributed by atoms with van der Waals surface area (Å²) in [7, 11) is 0. The average molecular weight is 497 g/mol. The Morgan fingerprint density at radius 3 is 2.32 bits per heavy atom. The summed E-state index contributed by atoms with van der Waals surface area (Å²) in [6.45, 7) is 11.0. The molecule has 0 aromatic heterocycles. The van der Waals surface area contributed by atoms with Crippen LogP contribution in [0.4, 0.5) is 0 Å². The number of unbranched alkanes of at least 4 members (excludes halogenated alkanes) is 2. The van der Waals surface area contributed by atoms with Crippen LogP contribution in [0.5, 0.6) is 0 Å². The zero-order valence-electron chi connectivity index (χ0n) is 23.2. The molecular formula is C35H48N2. The minimum atomic E-state index is 0.646. The molecule has 3 aliphatic rings. The maximum Gasteiger partial charge on any atom is 0.00772 e. The summed E-state index contributed by atoms with van der Waals surface area (Å²) in [4.78, 5) is 0. The topological polar surface area (TPSA) is 24.1 Å². The summed E-state index contributed by atoms with van der Waals surface area (Å²) in [5.41, 5.74) is 4.89. The van der Waals surface area contributed by atoms with Crippen molar-refractivity contribution in [2.75, 3.05) is 26.2 Å². The van der Waals surface area contributed by atoms with Gasteiger partial charge >= 0.3 is 0 Å². The number of rotatable bonds is 6. The van der Waals surface area contributed by atoms with Gasteiger partial charge in [0.25, 0.3) is 0 Å². The highest BCUT2D eigenvalue weighted by Crippen LogP contribution is 2.45. The Hall–Kier alpha value is -2.16. The molecule has 2 fully saturated rings. The number of hydrogen-bond acceptors (Lipinski definition) is 2. The van der Waals surface area contributed by atoms with Crippen molar-refractivity contribution in [1.82, 2.24) is 10.6 Å². The van der Waals surface area contributed by atoms with Crippen LogP contribution in [0.25, 0.3) is 21.5 Å². The Kier molecular flexibility index (Phi) is 9.34. The van der Waals surface area contributed by atoms with Gasteiger partial charge in [-0.05, 0) is 101 Å². The van der Waals surface area contributed by atoms with E-state index in [2.05, 4.69) is 72.7 Å². The molecule has 3 aromatic rings. The molecule has 1 atom stereocenters. The molecule has 1 saturated heterocycles. The molecule has 6 rings (SSSR count). The Balaban J connectivity index is 0.000000412. The Morgan fingerprint density at radius 1 is 0.865 bits per heavy atom. The summed E-state index contributed by atoms with van der Waals surface area (Å²) >= 11 is 0. The third kappa shape index (κ3) is 6.29. The molecule has 2 nitrogen and oxygen atoms in total. The number of hydrogen-bond donors (Lipinski definition) is 2. The predicted molar refractivity (Wildman–Crippen MR) is 162 cm³/mol. The van der Waals surface area contributed by atoms with Crippen molar-refractivity contribution in [1.29, 1.82) is 0 Å². The van der Waals surface area contributed by atoms with E-state index in [1.807, 2.05) is 0 Å². The SMILES string of the molecule is C1CNCCN1.C=CC1CCc2c(ccc3c2c(C2CCC(CCCCC)CC2)cc2ccccc23)C1. The minimum absolute atomic E-state index is 0.646. The van der Waals surface area contributed by atoms with E-state index in [9.17, 15) is 0 Å². The molecular weight excluding hydrogens is 448 g/mol. The van der Waals surface area contributed by atoms with Gasteiger partial charge < -0.3 is 10.6 Å². The van der Waals surface area contributed by atoms with Crippen molar-refractivity contribution >= 4 is 21.5 Å². The summed E-state index contributed by atoms with van der Waals surface area (Å²) in [5, 5.41) is 12.4. The second-order valence-electron chi connectivity index (χ2n) is 11.8. The third-order valence-corrected chi connectivity index (χ3v) is 9.30. The molecule has 0 bridgehead atoms. The van der Waals surface area contributed by atoms with Gasteiger partial charge in [-0.1, -0.05) is 81.1 Å². The van der Waals surface area contributed by atoms with Crippen LogP contribution < -0.4 is 10.6 Å². The standard InChI is InChI=1S/C31H38.C4H10N2/c1-3-5-6-9-23-12-15-24(16-13-23)30-21-25-10-7-8-11-27(25)29-19-17-26-20-22(4-2)14-18-28(26)31(29)30;1-2-6-4-3-5-1/h4,7-8,10-11,17,19,21-24H,2-3,5-6,9,12-16,18,20H2,1H3;5-6H,1-4H2. The van der Waals surface area contributed by atoms with E-state index in [4.69, 9.17) is 0 Å². The van der Waals surface area contributed by atoms with Crippen molar-refractivity contribution < 1.29 is 0 Å². The zero-order valence-corrected chi connectivity index (χ0v) is 23.2. The predicted octanol–water partition coefficient (Wildman–Crippen LogP) is 8.32. The first-order valence-electron chi connectivity index (χ1n) is 15.3. The first-order chi connectivity index (χ1) is 18.3. The van der Waals surface area contributed by atoms with E-state index in [0.29, 0.717) is 5.92 Å². The highest BCUT2D eigenvalue weighted by molar-refractivity contribution is 6.10. The first-order valence-corrected chi connectivity index (χ1v) is 15.3. The van der Waals surface area contributed by atoms with E-state index < -0.39 is 0 Å². The van der Waals surface area contributed by atoms with Gasteiger partial charge in [-0.3, -0.25) is 0 Å². The molecule has 0 radical (unpaired) electrons. The van der Waals surface area contributed by atoms with Crippen LogP contribution in [-0.2, 0) is 12.8 Å². The molecule has 198 valence electrons. The fourth-order valence-electron chi connectivity index (χ4n) is 7.12. The molecule has 1 aliphatic heterocycles. The molecule has 3 aromatic carbocycles. The molecule has 0 amide bonds. The van der Waals surface area contributed by atoms with E-state index in [1.165, 1.54) is 86.8 Å². The fourth-order valence-corrected chi connectivity index (χ4v) is 7.12. The Morgan fingerprint density at radius 2 is 1.62 bits per heavy atom. The maximum absolute atomic E-state index is 4.09. The molecule has 2 heteroatoms. The zero-order chi connectivity index (χ0) is 25.5. The minimum Gasteiger partial charge on any atom is -0.314 e. The monoisotopic (exact) mass is 496 g/mol. The van der Waals surface area contributed by atoms with E-state index in [-0.39, 0.29) is 0 Å². The number of piperazine rings is 1. The number of nitrogens with one attached hydrogen (secondary N) is 2. The number of allylic oxidation sites excluding steroid dienone is 1. The van der Waals surface area contributed by atoms with Gasteiger partial charge in [-0.2, -0.15) is 0 Å². The van der Waals surface area contributed by atoms with Gasteiger partial charge in [0.1, 0.15) is 0 Å². The van der Waals surface area contributed by atoms with Crippen LogP contribution >= 0.6 is 0 Å². The second kappa shape index (κ2) is 13.1. The van der Waals surface area contributed by atoms with Gasteiger partial charge in [-0.25, -0.2) is 0 Å². The second-order valence-corrected chi connectivity index (χ2v) is 11.8. The van der Waals surface area contributed by atoms with Crippen LogP contribution in [0, 0.1) is 11.8 Å². The summed E-state index contributed by atoms with van der Waals surface area (Å²) in [6.07, 6.45) is 17.1. The molecule has 1 saturated carbocycles. The number of aryl methyl sites for hydroxylation is 1. The molecule has 37 heavy (non-hydrogen) atoms. The van der Waals surface area contributed by atoms with Gasteiger partial charge in [0.05, 0.1) is 0 Å². The van der Waals surface area contributed by atoms with Gasteiger partial charge in [0.15, 0.2) is 0 Å². The smallest absolute Gasteiger partial charge is 0.00772 e. The average Bonchev–Trinajstić information content (AvgIpc) is 2.98. The lowest BCUT2D eigenvalue weighted by Gasteiger charge is -2.32. The van der Waals surface area contributed by atoms with Crippen molar-refractivity contribution in [2.45, 2.75) is 83.5 Å². The summed E-state index contributed by atoms with van der Waals surface area (Å²) < 4.78 is 0. The molecule has 1 unspecified atom stereocenters. The largest absolute Gasteiger partial charge is 0.314 e. The Labute approximate surface area is 225 Å².